The van der Waals surface area contributed by atoms with Crippen LogP contribution in [-0.4, -0.2) is 21.0 Å². The predicted octanol–water partition coefficient (Wildman–Crippen LogP) is 2.38. The van der Waals surface area contributed by atoms with Gasteiger partial charge in [-0.05, 0) is 31.0 Å². The molecule has 1 aromatic carbocycles. The van der Waals surface area contributed by atoms with Crippen LogP contribution in [0.4, 0.5) is 0 Å². The molecule has 0 atom stereocenters. The number of aryl methyl sites for hydroxylation is 2. The first-order valence-corrected chi connectivity index (χ1v) is 6.28. The van der Waals surface area contributed by atoms with Gasteiger partial charge < -0.3 is 5.32 Å². The average molecular weight is 244 g/mol. The average Bonchev–Trinajstić information content (AvgIpc) is 2.77. The molecule has 0 aliphatic rings. The largest absolute Gasteiger partial charge is 0.309 e. The van der Waals surface area contributed by atoms with Gasteiger partial charge in [-0.15, -0.1) is 5.10 Å². The molecule has 0 amide bonds. The number of aromatic nitrogens is 3. The molecule has 18 heavy (non-hydrogen) atoms. The van der Waals surface area contributed by atoms with Crippen molar-refractivity contribution in [1.82, 2.24) is 20.3 Å². The molecular weight excluding hydrogens is 224 g/mol. The van der Waals surface area contributed by atoms with Crippen LogP contribution in [0.15, 0.2) is 24.4 Å². The van der Waals surface area contributed by atoms with Crippen molar-refractivity contribution in [2.75, 3.05) is 0 Å². The van der Waals surface area contributed by atoms with Gasteiger partial charge in [0.05, 0.1) is 17.6 Å². The first kappa shape index (κ1) is 12.8. The molecule has 2 rings (SSSR count). The first-order valence-electron chi connectivity index (χ1n) is 6.28. The fourth-order valence-corrected chi connectivity index (χ4v) is 1.84. The smallest absolute Gasteiger partial charge is 0.0783 e. The van der Waals surface area contributed by atoms with E-state index in [0.717, 1.165) is 17.9 Å². The van der Waals surface area contributed by atoms with Crippen molar-refractivity contribution in [3.63, 3.8) is 0 Å². The van der Waals surface area contributed by atoms with Crippen molar-refractivity contribution in [2.24, 2.45) is 0 Å². The molecule has 0 unspecified atom stereocenters. The van der Waals surface area contributed by atoms with Crippen molar-refractivity contribution in [3.05, 3.63) is 41.2 Å². The minimum atomic E-state index is 0.451. The Bertz CT molecular complexity index is 528. The summed E-state index contributed by atoms with van der Waals surface area (Å²) in [6.07, 6.45) is 1.82. The summed E-state index contributed by atoms with van der Waals surface area (Å²) in [6, 6.07) is 6.82. The molecule has 96 valence electrons. The zero-order valence-electron chi connectivity index (χ0n) is 11.4. The monoisotopic (exact) mass is 244 g/mol. The highest BCUT2D eigenvalue weighted by Gasteiger charge is 2.09. The van der Waals surface area contributed by atoms with Crippen molar-refractivity contribution >= 4 is 0 Å². The molecule has 1 aromatic heterocycles. The van der Waals surface area contributed by atoms with Crippen LogP contribution < -0.4 is 5.32 Å². The second-order valence-electron chi connectivity index (χ2n) is 4.96. The Morgan fingerprint density at radius 3 is 2.78 bits per heavy atom. The van der Waals surface area contributed by atoms with E-state index in [4.69, 9.17) is 0 Å². The molecule has 0 fully saturated rings. The van der Waals surface area contributed by atoms with Gasteiger partial charge in [0.2, 0.25) is 0 Å². The van der Waals surface area contributed by atoms with Crippen molar-refractivity contribution < 1.29 is 0 Å². The molecule has 0 saturated heterocycles. The molecule has 0 bridgehead atoms. The maximum Gasteiger partial charge on any atom is 0.0783 e. The zero-order chi connectivity index (χ0) is 13.1. The van der Waals surface area contributed by atoms with E-state index in [1.165, 1.54) is 11.1 Å². The van der Waals surface area contributed by atoms with Gasteiger partial charge in [-0.3, -0.25) is 0 Å². The van der Waals surface area contributed by atoms with Gasteiger partial charge in [0.25, 0.3) is 0 Å². The van der Waals surface area contributed by atoms with E-state index >= 15 is 0 Å². The van der Waals surface area contributed by atoms with E-state index in [1.54, 1.807) is 0 Å². The number of rotatable bonds is 4. The second-order valence-corrected chi connectivity index (χ2v) is 4.96. The molecule has 2 aromatic rings. The van der Waals surface area contributed by atoms with Gasteiger partial charge in [-0.2, -0.15) is 0 Å². The van der Waals surface area contributed by atoms with E-state index in [0.29, 0.717) is 6.04 Å². The number of nitrogens with zero attached hydrogens (tertiary/aromatic N) is 3. The van der Waals surface area contributed by atoms with E-state index in [1.807, 2.05) is 10.9 Å². The Balaban J connectivity index is 2.33. The molecule has 4 nitrogen and oxygen atoms in total. The Morgan fingerprint density at radius 2 is 2.06 bits per heavy atom. The minimum Gasteiger partial charge on any atom is -0.309 e. The van der Waals surface area contributed by atoms with Crippen molar-refractivity contribution in [2.45, 2.75) is 40.3 Å². The summed E-state index contributed by atoms with van der Waals surface area (Å²) in [5, 5.41) is 11.6. The van der Waals surface area contributed by atoms with E-state index in [9.17, 15) is 0 Å². The molecular formula is C14H20N4. The summed E-state index contributed by atoms with van der Waals surface area (Å²) in [6.45, 7) is 9.22. The number of benzene rings is 1. The van der Waals surface area contributed by atoms with E-state index in [-0.39, 0.29) is 0 Å². The summed E-state index contributed by atoms with van der Waals surface area (Å²) in [5.74, 6) is 0. The van der Waals surface area contributed by atoms with Crippen LogP contribution in [0.5, 0.6) is 0 Å². The molecule has 4 heteroatoms. The summed E-state index contributed by atoms with van der Waals surface area (Å²) in [7, 11) is 0. The Kier molecular flexibility index (Phi) is 3.77. The van der Waals surface area contributed by atoms with Crippen LogP contribution in [0, 0.1) is 13.8 Å². The van der Waals surface area contributed by atoms with Gasteiger partial charge in [-0.25, -0.2) is 4.68 Å². The fraction of sp³-hybridized carbons (Fsp3) is 0.429. The summed E-state index contributed by atoms with van der Waals surface area (Å²) in [5.41, 5.74) is 4.62. The quantitative estimate of drug-likeness (QED) is 0.898. The van der Waals surface area contributed by atoms with Gasteiger partial charge in [0, 0.05) is 12.6 Å². The van der Waals surface area contributed by atoms with Gasteiger partial charge in [-0.1, -0.05) is 31.2 Å². The van der Waals surface area contributed by atoms with E-state index in [2.05, 4.69) is 61.5 Å². The Morgan fingerprint density at radius 1 is 1.28 bits per heavy atom. The Labute approximate surface area is 108 Å². The molecule has 1 N–H and O–H groups in total. The van der Waals surface area contributed by atoms with Crippen molar-refractivity contribution in [1.29, 1.82) is 0 Å². The Hall–Kier alpha value is -1.68. The molecule has 0 aliphatic heterocycles. The molecule has 0 radical (unpaired) electrons. The second kappa shape index (κ2) is 5.31. The van der Waals surface area contributed by atoms with Crippen LogP contribution in [-0.2, 0) is 6.54 Å². The summed E-state index contributed by atoms with van der Waals surface area (Å²) < 4.78 is 1.91. The maximum absolute atomic E-state index is 4.19. The highest BCUT2D eigenvalue weighted by molar-refractivity contribution is 5.43. The SMILES string of the molecule is Cc1ccc(C)c(-n2nncc2CNC(C)C)c1. The van der Waals surface area contributed by atoms with Crippen LogP contribution in [0.3, 0.4) is 0 Å². The molecule has 1 heterocycles. The number of hydrogen-bond acceptors (Lipinski definition) is 3. The first-order chi connectivity index (χ1) is 8.58. The lowest BCUT2D eigenvalue weighted by Gasteiger charge is -2.12. The van der Waals surface area contributed by atoms with Crippen LogP contribution in [0.1, 0.15) is 30.7 Å². The number of hydrogen-bond donors (Lipinski definition) is 1. The lowest BCUT2D eigenvalue weighted by molar-refractivity contribution is 0.570. The van der Waals surface area contributed by atoms with Gasteiger partial charge in [0.1, 0.15) is 0 Å². The fourth-order valence-electron chi connectivity index (χ4n) is 1.84. The summed E-state index contributed by atoms with van der Waals surface area (Å²) in [4.78, 5) is 0. The standard InChI is InChI=1S/C14H20N4/c1-10(2)15-8-13-9-16-17-18(13)14-7-11(3)5-6-12(14)4/h5-7,9-10,15H,8H2,1-4H3. The lowest BCUT2D eigenvalue weighted by Crippen LogP contribution is -2.23. The van der Waals surface area contributed by atoms with Gasteiger partial charge in [0.15, 0.2) is 0 Å². The van der Waals surface area contributed by atoms with Crippen molar-refractivity contribution in [3.8, 4) is 5.69 Å². The minimum absolute atomic E-state index is 0.451. The highest BCUT2D eigenvalue weighted by atomic mass is 15.4. The highest BCUT2D eigenvalue weighted by Crippen LogP contribution is 2.16. The summed E-state index contributed by atoms with van der Waals surface area (Å²) >= 11 is 0. The van der Waals surface area contributed by atoms with Crippen LogP contribution in [0.2, 0.25) is 0 Å². The van der Waals surface area contributed by atoms with Crippen LogP contribution >= 0.6 is 0 Å². The topological polar surface area (TPSA) is 42.7 Å². The lowest BCUT2D eigenvalue weighted by atomic mass is 10.1. The third-order valence-electron chi connectivity index (χ3n) is 2.90. The zero-order valence-corrected chi connectivity index (χ0v) is 11.4. The third kappa shape index (κ3) is 2.76. The molecule has 0 spiro atoms. The van der Waals surface area contributed by atoms with Gasteiger partial charge >= 0.3 is 0 Å². The predicted molar refractivity (Wildman–Crippen MR) is 72.8 cm³/mol. The number of nitrogens with one attached hydrogen (secondary N) is 1. The third-order valence-corrected chi connectivity index (χ3v) is 2.90. The normalized spacial score (nSPS) is 11.2. The molecule has 0 aliphatic carbocycles. The maximum atomic E-state index is 4.19. The van der Waals surface area contributed by atoms with Crippen LogP contribution in [0.25, 0.3) is 5.69 Å². The van der Waals surface area contributed by atoms with E-state index < -0.39 is 0 Å². The molecule has 0 saturated carbocycles.